The molecule has 12 heavy (non-hydrogen) atoms. The zero-order valence-electron chi connectivity index (χ0n) is 6.98. The summed E-state index contributed by atoms with van der Waals surface area (Å²) in [4.78, 5) is 0. The van der Waals surface area contributed by atoms with E-state index in [-0.39, 0.29) is 5.96 Å². The monoisotopic (exact) mass is 166 g/mol. The second-order valence-electron chi connectivity index (χ2n) is 2.83. The molecule has 0 radical (unpaired) electrons. The SMILES string of the molecule is NC(N)=N/N=C/[C@H]1CC=CCC1. The molecular formula is C8H14N4. The average molecular weight is 166 g/mol. The zero-order chi connectivity index (χ0) is 8.81. The lowest BCUT2D eigenvalue weighted by atomic mass is 9.96. The molecule has 1 aliphatic rings. The molecule has 0 saturated carbocycles. The van der Waals surface area contributed by atoms with Gasteiger partial charge in [-0.05, 0) is 25.2 Å². The number of guanidine groups is 1. The van der Waals surface area contributed by atoms with Crippen molar-refractivity contribution in [3.05, 3.63) is 12.2 Å². The largest absolute Gasteiger partial charge is 0.369 e. The third-order valence-corrected chi connectivity index (χ3v) is 1.76. The fourth-order valence-electron chi connectivity index (χ4n) is 1.15. The van der Waals surface area contributed by atoms with Crippen LogP contribution in [0.15, 0.2) is 22.4 Å². The Morgan fingerprint density at radius 1 is 1.42 bits per heavy atom. The van der Waals surface area contributed by atoms with Gasteiger partial charge >= 0.3 is 0 Å². The molecule has 4 heteroatoms. The lowest BCUT2D eigenvalue weighted by Gasteiger charge is -2.10. The van der Waals surface area contributed by atoms with Crippen molar-refractivity contribution in [3.8, 4) is 0 Å². The van der Waals surface area contributed by atoms with Crippen LogP contribution in [0.4, 0.5) is 0 Å². The van der Waals surface area contributed by atoms with Gasteiger partial charge in [0, 0.05) is 6.21 Å². The van der Waals surface area contributed by atoms with E-state index >= 15 is 0 Å². The maximum atomic E-state index is 5.11. The molecule has 66 valence electrons. The molecule has 4 nitrogen and oxygen atoms in total. The van der Waals surface area contributed by atoms with Gasteiger partial charge in [0.15, 0.2) is 0 Å². The van der Waals surface area contributed by atoms with Gasteiger partial charge < -0.3 is 11.5 Å². The summed E-state index contributed by atoms with van der Waals surface area (Å²) in [5.74, 6) is 0.510. The third-order valence-electron chi connectivity index (χ3n) is 1.76. The van der Waals surface area contributed by atoms with E-state index in [0.717, 1.165) is 19.3 Å². The summed E-state index contributed by atoms with van der Waals surface area (Å²) < 4.78 is 0. The second kappa shape index (κ2) is 4.54. The Morgan fingerprint density at radius 3 is 2.83 bits per heavy atom. The van der Waals surface area contributed by atoms with Crippen molar-refractivity contribution < 1.29 is 0 Å². The second-order valence-corrected chi connectivity index (χ2v) is 2.83. The minimum absolute atomic E-state index is 0.0117. The molecule has 0 unspecified atom stereocenters. The predicted octanol–water partition coefficient (Wildman–Crippen LogP) is 0.602. The number of allylic oxidation sites excluding steroid dienone is 2. The molecule has 0 saturated heterocycles. The van der Waals surface area contributed by atoms with Gasteiger partial charge in [-0.15, -0.1) is 5.10 Å². The van der Waals surface area contributed by atoms with E-state index in [1.807, 2.05) is 6.21 Å². The predicted molar refractivity (Wildman–Crippen MR) is 50.8 cm³/mol. The highest BCUT2D eigenvalue weighted by Crippen LogP contribution is 2.15. The van der Waals surface area contributed by atoms with Crippen LogP contribution >= 0.6 is 0 Å². The smallest absolute Gasteiger partial charge is 0.211 e. The van der Waals surface area contributed by atoms with E-state index in [1.165, 1.54) is 0 Å². The normalized spacial score (nSPS) is 22.8. The van der Waals surface area contributed by atoms with Gasteiger partial charge in [0.25, 0.3) is 0 Å². The standard InChI is InChI=1S/C8H14N4/c9-8(10)12-11-6-7-4-2-1-3-5-7/h1-2,6-7H,3-5H2,(H4,9,10,12)/b11-6+/t7-/m0/s1. The van der Waals surface area contributed by atoms with Gasteiger partial charge in [0.05, 0.1) is 0 Å². The van der Waals surface area contributed by atoms with Crippen LogP contribution in [0.2, 0.25) is 0 Å². The van der Waals surface area contributed by atoms with Crippen LogP contribution in [0.1, 0.15) is 19.3 Å². The van der Waals surface area contributed by atoms with Gasteiger partial charge in [0.2, 0.25) is 5.96 Å². The van der Waals surface area contributed by atoms with Crippen molar-refractivity contribution in [1.82, 2.24) is 0 Å². The number of hydrogen-bond acceptors (Lipinski definition) is 2. The summed E-state index contributed by atoms with van der Waals surface area (Å²) in [6, 6.07) is 0. The van der Waals surface area contributed by atoms with E-state index in [0.29, 0.717) is 5.92 Å². The minimum Gasteiger partial charge on any atom is -0.369 e. The van der Waals surface area contributed by atoms with Gasteiger partial charge in [-0.1, -0.05) is 12.2 Å². The molecule has 0 spiro atoms. The number of nitrogens with two attached hydrogens (primary N) is 2. The third kappa shape index (κ3) is 3.18. The molecule has 0 aromatic carbocycles. The molecule has 0 aromatic rings. The Balaban J connectivity index is 2.35. The maximum Gasteiger partial charge on any atom is 0.211 e. The molecule has 0 heterocycles. The van der Waals surface area contributed by atoms with Crippen molar-refractivity contribution in [1.29, 1.82) is 0 Å². The Bertz CT molecular complexity index is 213. The zero-order valence-corrected chi connectivity index (χ0v) is 6.98. The van der Waals surface area contributed by atoms with E-state index in [1.54, 1.807) is 0 Å². The molecule has 0 bridgehead atoms. The quantitative estimate of drug-likeness (QED) is 0.273. The van der Waals surface area contributed by atoms with Crippen molar-refractivity contribution in [2.45, 2.75) is 19.3 Å². The first-order valence-corrected chi connectivity index (χ1v) is 4.06. The Hall–Kier alpha value is -1.32. The Kier molecular flexibility index (Phi) is 3.32. The molecule has 0 fully saturated rings. The highest BCUT2D eigenvalue weighted by molar-refractivity contribution is 5.76. The highest BCUT2D eigenvalue weighted by atomic mass is 15.3. The summed E-state index contributed by atoms with van der Waals surface area (Å²) >= 11 is 0. The van der Waals surface area contributed by atoms with Gasteiger partial charge in [-0.3, -0.25) is 0 Å². The Labute approximate surface area is 72.0 Å². The molecule has 1 rings (SSSR count). The van der Waals surface area contributed by atoms with Crippen molar-refractivity contribution in [2.75, 3.05) is 0 Å². The first kappa shape index (κ1) is 8.77. The molecule has 1 atom stereocenters. The topological polar surface area (TPSA) is 76.8 Å². The lowest BCUT2D eigenvalue weighted by Crippen LogP contribution is -2.21. The fraction of sp³-hybridized carbons (Fsp3) is 0.500. The van der Waals surface area contributed by atoms with Crippen molar-refractivity contribution >= 4 is 12.2 Å². The first-order valence-electron chi connectivity index (χ1n) is 4.06. The minimum atomic E-state index is 0.0117. The van der Waals surface area contributed by atoms with Crippen LogP contribution in [0.3, 0.4) is 0 Å². The van der Waals surface area contributed by atoms with Gasteiger partial charge in [-0.2, -0.15) is 5.10 Å². The molecule has 4 N–H and O–H groups in total. The number of nitrogens with zero attached hydrogens (tertiary/aromatic N) is 2. The molecular weight excluding hydrogens is 152 g/mol. The van der Waals surface area contributed by atoms with Crippen molar-refractivity contribution in [2.24, 2.45) is 27.6 Å². The highest BCUT2D eigenvalue weighted by Gasteiger charge is 2.05. The van der Waals surface area contributed by atoms with Crippen LogP contribution < -0.4 is 11.5 Å². The number of rotatable bonds is 2. The maximum absolute atomic E-state index is 5.11. The average Bonchev–Trinajstić information content (AvgIpc) is 2.05. The van der Waals surface area contributed by atoms with Crippen LogP contribution in [0.25, 0.3) is 0 Å². The summed E-state index contributed by atoms with van der Waals surface area (Å²) in [5.41, 5.74) is 10.2. The molecule has 0 aliphatic heterocycles. The van der Waals surface area contributed by atoms with Crippen LogP contribution in [0, 0.1) is 5.92 Å². The molecule has 1 aliphatic carbocycles. The summed E-state index contributed by atoms with van der Waals surface area (Å²) in [7, 11) is 0. The fourth-order valence-corrected chi connectivity index (χ4v) is 1.15. The van der Waals surface area contributed by atoms with Crippen LogP contribution in [0.5, 0.6) is 0 Å². The van der Waals surface area contributed by atoms with E-state index < -0.39 is 0 Å². The molecule has 0 amide bonds. The number of hydrogen-bond donors (Lipinski definition) is 2. The summed E-state index contributed by atoms with van der Waals surface area (Å²) in [5, 5.41) is 7.31. The van der Waals surface area contributed by atoms with E-state index in [2.05, 4.69) is 22.4 Å². The van der Waals surface area contributed by atoms with Crippen LogP contribution in [-0.2, 0) is 0 Å². The van der Waals surface area contributed by atoms with E-state index in [9.17, 15) is 0 Å². The summed E-state index contributed by atoms with van der Waals surface area (Å²) in [6.07, 6.45) is 9.46. The van der Waals surface area contributed by atoms with E-state index in [4.69, 9.17) is 11.5 Å². The Morgan fingerprint density at radius 2 is 2.25 bits per heavy atom. The summed E-state index contributed by atoms with van der Waals surface area (Å²) in [6.45, 7) is 0. The molecule has 0 aromatic heterocycles. The van der Waals surface area contributed by atoms with Gasteiger partial charge in [0.1, 0.15) is 0 Å². The van der Waals surface area contributed by atoms with Crippen LogP contribution in [-0.4, -0.2) is 12.2 Å². The first-order chi connectivity index (χ1) is 5.79. The van der Waals surface area contributed by atoms with Gasteiger partial charge in [-0.25, -0.2) is 0 Å². The van der Waals surface area contributed by atoms with Crippen molar-refractivity contribution in [3.63, 3.8) is 0 Å². The lowest BCUT2D eigenvalue weighted by molar-refractivity contribution is 0.626.